The van der Waals surface area contributed by atoms with Crippen LogP contribution >= 0.6 is 0 Å². The lowest BCUT2D eigenvalue weighted by molar-refractivity contribution is 0.113. The zero-order valence-corrected chi connectivity index (χ0v) is 7.60. The minimum absolute atomic E-state index is 0.423. The van der Waals surface area contributed by atoms with E-state index >= 15 is 0 Å². The van der Waals surface area contributed by atoms with Crippen molar-refractivity contribution < 1.29 is 4.74 Å². The summed E-state index contributed by atoms with van der Waals surface area (Å²) in [5, 5.41) is 3.51. The molecule has 0 radical (unpaired) electrons. The summed E-state index contributed by atoms with van der Waals surface area (Å²) in [6.45, 7) is 6.45. The Hall–Kier alpha value is -0.0800. The first-order valence-corrected chi connectivity index (χ1v) is 4.69. The monoisotopic (exact) mass is 157 g/mol. The van der Waals surface area contributed by atoms with Crippen molar-refractivity contribution in [1.82, 2.24) is 5.32 Å². The van der Waals surface area contributed by atoms with Crippen LogP contribution < -0.4 is 5.32 Å². The van der Waals surface area contributed by atoms with Crippen LogP contribution in [-0.2, 0) is 4.74 Å². The molecule has 0 spiro atoms. The van der Waals surface area contributed by atoms with Gasteiger partial charge in [-0.05, 0) is 26.3 Å². The van der Waals surface area contributed by atoms with Crippen molar-refractivity contribution in [2.24, 2.45) is 0 Å². The van der Waals surface area contributed by atoms with Crippen LogP contribution in [-0.4, -0.2) is 25.3 Å². The molecule has 1 fully saturated rings. The largest absolute Gasteiger partial charge is 0.377 e. The third-order valence-electron chi connectivity index (χ3n) is 2.31. The van der Waals surface area contributed by atoms with Crippen LogP contribution in [0.4, 0.5) is 0 Å². The lowest BCUT2D eigenvalue weighted by atomic mass is 10.1. The van der Waals surface area contributed by atoms with Gasteiger partial charge in [0, 0.05) is 12.6 Å². The van der Waals surface area contributed by atoms with E-state index in [9.17, 15) is 0 Å². The van der Waals surface area contributed by atoms with E-state index in [1.807, 2.05) is 0 Å². The minimum Gasteiger partial charge on any atom is -0.377 e. The van der Waals surface area contributed by atoms with Crippen molar-refractivity contribution in [1.29, 1.82) is 0 Å². The minimum atomic E-state index is 0.423. The average Bonchev–Trinajstić information content (AvgIpc) is 2.37. The lowest BCUT2D eigenvalue weighted by Gasteiger charge is -2.15. The van der Waals surface area contributed by atoms with E-state index in [2.05, 4.69) is 19.2 Å². The van der Waals surface area contributed by atoms with Crippen LogP contribution in [0.1, 0.15) is 33.1 Å². The molecule has 1 rings (SSSR count). The first-order valence-electron chi connectivity index (χ1n) is 4.69. The smallest absolute Gasteiger partial charge is 0.0700 e. The molecule has 1 aliphatic rings. The summed E-state index contributed by atoms with van der Waals surface area (Å²) in [5.41, 5.74) is 0. The molecule has 0 aromatic carbocycles. The lowest BCUT2D eigenvalue weighted by Crippen LogP contribution is -2.35. The van der Waals surface area contributed by atoms with Gasteiger partial charge in [-0.3, -0.25) is 0 Å². The maximum Gasteiger partial charge on any atom is 0.0700 e. The van der Waals surface area contributed by atoms with Crippen LogP contribution in [0.3, 0.4) is 0 Å². The van der Waals surface area contributed by atoms with Crippen molar-refractivity contribution >= 4 is 0 Å². The van der Waals surface area contributed by atoms with Crippen LogP contribution in [0, 0.1) is 0 Å². The average molecular weight is 157 g/mol. The molecule has 1 N–H and O–H groups in total. The summed E-state index contributed by atoms with van der Waals surface area (Å²) in [6, 6.07) is 0.613. The van der Waals surface area contributed by atoms with Crippen LogP contribution in [0.5, 0.6) is 0 Å². The number of hydrogen-bond donors (Lipinski definition) is 1. The fourth-order valence-electron chi connectivity index (χ4n) is 1.46. The SMILES string of the molecule is CCCCN[C@H]1CCO[C@@H]1C. The fraction of sp³-hybridized carbons (Fsp3) is 1.00. The Morgan fingerprint density at radius 2 is 2.36 bits per heavy atom. The van der Waals surface area contributed by atoms with Gasteiger partial charge in [-0.15, -0.1) is 0 Å². The second-order valence-electron chi connectivity index (χ2n) is 3.28. The second-order valence-corrected chi connectivity index (χ2v) is 3.28. The van der Waals surface area contributed by atoms with Gasteiger partial charge >= 0.3 is 0 Å². The molecule has 2 atom stereocenters. The number of unbranched alkanes of at least 4 members (excludes halogenated alkanes) is 1. The van der Waals surface area contributed by atoms with Crippen molar-refractivity contribution in [3.63, 3.8) is 0 Å². The Bertz CT molecular complexity index is 106. The predicted molar refractivity (Wildman–Crippen MR) is 46.7 cm³/mol. The van der Waals surface area contributed by atoms with E-state index in [1.54, 1.807) is 0 Å². The molecular formula is C9H19NO. The first kappa shape index (κ1) is 9.01. The van der Waals surface area contributed by atoms with Gasteiger partial charge in [-0.1, -0.05) is 13.3 Å². The van der Waals surface area contributed by atoms with E-state index in [0.717, 1.165) is 13.2 Å². The highest BCUT2D eigenvalue weighted by Crippen LogP contribution is 2.12. The van der Waals surface area contributed by atoms with E-state index in [1.165, 1.54) is 19.3 Å². The van der Waals surface area contributed by atoms with E-state index in [-0.39, 0.29) is 0 Å². The Balaban J connectivity index is 2.05. The summed E-state index contributed by atoms with van der Waals surface area (Å²) in [6.07, 6.45) is 4.16. The fourth-order valence-corrected chi connectivity index (χ4v) is 1.46. The van der Waals surface area contributed by atoms with Crippen molar-refractivity contribution in [2.75, 3.05) is 13.2 Å². The van der Waals surface area contributed by atoms with Crippen molar-refractivity contribution in [3.05, 3.63) is 0 Å². The maximum atomic E-state index is 5.43. The van der Waals surface area contributed by atoms with Gasteiger partial charge in [0.05, 0.1) is 6.10 Å². The van der Waals surface area contributed by atoms with Crippen LogP contribution in [0.25, 0.3) is 0 Å². The number of ether oxygens (including phenoxy) is 1. The highest BCUT2D eigenvalue weighted by molar-refractivity contribution is 4.78. The summed E-state index contributed by atoms with van der Waals surface area (Å²) in [7, 11) is 0. The quantitative estimate of drug-likeness (QED) is 0.625. The molecule has 2 nitrogen and oxygen atoms in total. The van der Waals surface area contributed by atoms with Crippen LogP contribution in [0.2, 0.25) is 0 Å². The van der Waals surface area contributed by atoms with Crippen molar-refractivity contribution in [2.45, 2.75) is 45.3 Å². The molecule has 1 aliphatic heterocycles. The molecule has 11 heavy (non-hydrogen) atoms. The van der Waals surface area contributed by atoms with Crippen molar-refractivity contribution in [3.8, 4) is 0 Å². The summed E-state index contributed by atoms with van der Waals surface area (Å²) < 4.78 is 5.43. The molecule has 0 unspecified atom stereocenters. The van der Waals surface area contributed by atoms with Gasteiger partial charge in [0.15, 0.2) is 0 Å². The molecule has 0 amide bonds. The molecule has 66 valence electrons. The topological polar surface area (TPSA) is 21.3 Å². The van der Waals surface area contributed by atoms with Gasteiger partial charge in [0.1, 0.15) is 0 Å². The standard InChI is InChI=1S/C9H19NO/c1-3-4-6-10-9-5-7-11-8(9)2/h8-10H,3-7H2,1-2H3/t8-,9+/m1/s1. The highest BCUT2D eigenvalue weighted by Gasteiger charge is 2.22. The molecule has 1 heterocycles. The highest BCUT2D eigenvalue weighted by atomic mass is 16.5. The Morgan fingerprint density at radius 1 is 1.55 bits per heavy atom. The Morgan fingerprint density at radius 3 is 2.91 bits per heavy atom. The van der Waals surface area contributed by atoms with Gasteiger partial charge in [0.25, 0.3) is 0 Å². The second kappa shape index (κ2) is 4.73. The van der Waals surface area contributed by atoms with E-state index in [0.29, 0.717) is 12.1 Å². The van der Waals surface area contributed by atoms with Gasteiger partial charge in [0.2, 0.25) is 0 Å². The number of nitrogens with one attached hydrogen (secondary N) is 1. The maximum absolute atomic E-state index is 5.43. The van der Waals surface area contributed by atoms with E-state index < -0.39 is 0 Å². The normalized spacial score (nSPS) is 31.1. The third kappa shape index (κ3) is 2.80. The summed E-state index contributed by atoms with van der Waals surface area (Å²) in [4.78, 5) is 0. The Kier molecular flexibility index (Phi) is 3.87. The molecular weight excluding hydrogens is 138 g/mol. The molecule has 2 heteroatoms. The third-order valence-corrected chi connectivity index (χ3v) is 2.31. The van der Waals surface area contributed by atoms with Crippen LogP contribution in [0.15, 0.2) is 0 Å². The van der Waals surface area contributed by atoms with Gasteiger partial charge in [-0.2, -0.15) is 0 Å². The Labute approximate surface area is 69.3 Å². The molecule has 1 saturated heterocycles. The summed E-state index contributed by atoms with van der Waals surface area (Å²) in [5.74, 6) is 0. The molecule has 0 aromatic heterocycles. The number of rotatable bonds is 4. The zero-order valence-electron chi connectivity index (χ0n) is 7.60. The zero-order chi connectivity index (χ0) is 8.10. The summed E-state index contributed by atoms with van der Waals surface area (Å²) >= 11 is 0. The molecule has 0 bridgehead atoms. The molecule has 0 saturated carbocycles. The predicted octanol–water partition coefficient (Wildman–Crippen LogP) is 1.55. The van der Waals surface area contributed by atoms with Gasteiger partial charge < -0.3 is 10.1 Å². The first-order chi connectivity index (χ1) is 5.34. The molecule has 0 aliphatic carbocycles. The molecule has 0 aromatic rings. The van der Waals surface area contributed by atoms with Gasteiger partial charge in [-0.25, -0.2) is 0 Å². The van der Waals surface area contributed by atoms with E-state index in [4.69, 9.17) is 4.74 Å². The number of hydrogen-bond acceptors (Lipinski definition) is 2.